The minimum Gasteiger partial charge on any atom is -0.400 e. The summed E-state index contributed by atoms with van der Waals surface area (Å²) in [6.45, 7) is 9.91. The highest BCUT2D eigenvalue weighted by molar-refractivity contribution is 7.86. The Kier molecular flexibility index (Phi) is 5.59. The lowest BCUT2D eigenvalue weighted by molar-refractivity contribution is 0.00578. The Bertz CT molecular complexity index is 676. The summed E-state index contributed by atoms with van der Waals surface area (Å²) >= 11 is 0. The molecule has 0 atom stereocenters. The van der Waals surface area contributed by atoms with Gasteiger partial charge in [0, 0.05) is 0 Å². The van der Waals surface area contributed by atoms with Crippen molar-refractivity contribution >= 4 is 17.2 Å². The Morgan fingerprint density at radius 1 is 1.08 bits per heavy atom. The summed E-state index contributed by atoms with van der Waals surface area (Å²) < 4.78 is 40.8. The van der Waals surface area contributed by atoms with E-state index in [9.17, 15) is 8.42 Å². The van der Waals surface area contributed by atoms with Crippen molar-refractivity contribution < 1.29 is 21.9 Å². The first kappa shape index (κ1) is 19.2. The topological polar surface area (TPSA) is 61.8 Å². The molecule has 1 heterocycles. The highest BCUT2D eigenvalue weighted by Crippen LogP contribution is 2.36. The van der Waals surface area contributed by atoms with E-state index >= 15 is 0 Å². The standard InChI is InChI=1S/C17H25BO5S/c1-14-8-10-15(11-9-14)24(19,20)21-13-7-6-12-18-22-16(2,3)17(4,5)23-18/h6,8-12H,7,13H2,1-5H3/b12-6-. The van der Waals surface area contributed by atoms with Crippen LogP contribution in [0.25, 0.3) is 0 Å². The van der Waals surface area contributed by atoms with Gasteiger partial charge in [0.1, 0.15) is 0 Å². The molecule has 0 bridgehead atoms. The molecule has 1 aromatic rings. The zero-order valence-corrected chi connectivity index (χ0v) is 15.7. The van der Waals surface area contributed by atoms with Crippen LogP contribution in [0.5, 0.6) is 0 Å². The van der Waals surface area contributed by atoms with Crippen LogP contribution in [0.3, 0.4) is 0 Å². The van der Waals surface area contributed by atoms with E-state index in [0.29, 0.717) is 6.42 Å². The van der Waals surface area contributed by atoms with E-state index in [-0.39, 0.29) is 22.7 Å². The van der Waals surface area contributed by atoms with Crippen LogP contribution in [-0.2, 0) is 23.6 Å². The van der Waals surface area contributed by atoms with Gasteiger partial charge in [0.15, 0.2) is 0 Å². The van der Waals surface area contributed by atoms with E-state index in [0.717, 1.165) is 5.56 Å². The molecule has 0 saturated carbocycles. The summed E-state index contributed by atoms with van der Waals surface area (Å²) in [5.74, 6) is 1.79. The van der Waals surface area contributed by atoms with Crippen LogP contribution in [0.2, 0.25) is 0 Å². The smallest absolute Gasteiger partial charge is 0.400 e. The van der Waals surface area contributed by atoms with Gasteiger partial charge in [0.25, 0.3) is 10.1 Å². The van der Waals surface area contributed by atoms with E-state index in [2.05, 4.69) is 0 Å². The second-order valence-corrected chi connectivity index (χ2v) is 8.55. The molecule has 1 aliphatic heterocycles. The minimum atomic E-state index is -3.71. The highest BCUT2D eigenvalue weighted by Gasteiger charge is 2.49. The molecule has 0 radical (unpaired) electrons. The van der Waals surface area contributed by atoms with Gasteiger partial charge in [-0.05, 0) is 53.2 Å². The zero-order valence-electron chi connectivity index (χ0n) is 14.9. The van der Waals surface area contributed by atoms with Gasteiger partial charge in [-0.1, -0.05) is 29.7 Å². The van der Waals surface area contributed by atoms with Crippen molar-refractivity contribution in [2.45, 2.75) is 57.1 Å². The fraction of sp³-hybridized carbons (Fsp3) is 0.529. The van der Waals surface area contributed by atoms with Gasteiger partial charge in [-0.15, -0.1) is 0 Å². The summed E-state index contributed by atoms with van der Waals surface area (Å²) in [5, 5.41) is 0. The number of rotatable bonds is 6. The first-order chi connectivity index (χ1) is 11.0. The molecule has 0 aliphatic carbocycles. The zero-order chi connectivity index (χ0) is 18.0. The molecule has 0 N–H and O–H groups in total. The van der Waals surface area contributed by atoms with Gasteiger partial charge in [-0.2, -0.15) is 8.42 Å². The first-order valence-electron chi connectivity index (χ1n) is 8.02. The predicted octanol–water partition coefficient (Wildman–Crippen LogP) is 3.28. The van der Waals surface area contributed by atoms with Crippen LogP contribution in [-0.4, -0.2) is 33.3 Å². The summed E-state index contributed by atoms with van der Waals surface area (Å²) in [7, 11) is -4.14. The predicted molar refractivity (Wildman–Crippen MR) is 94.2 cm³/mol. The van der Waals surface area contributed by atoms with Crippen molar-refractivity contribution in [2.75, 3.05) is 6.61 Å². The molecular formula is C17H25BO5S. The van der Waals surface area contributed by atoms with Crippen LogP contribution in [0.4, 0.5) is 0 Å². The van der Waals surface area contributed by atoms with Crippen LogP contribution in [0, 0.1) is 6.92 Å². The van der Waals surface area contributed by atoms with E-state index in [4.69, 9.17) is 13.5 Å². The highest BCUT2D eigenvalue weighted by atomic mass is 32.2. The van der Waals surface area contributed by atoms with E-state index in [1.54, 1.807) is 30.2 Å². The lowest BCUT2D eigenvalue weighted by Gasteiger charge is -2.32. The summed E-state index contributed by atoms with van der Waals surface area (Å²) in [6.07, 6.45) is 2.27. The van der Waals surface area contributed by atoms with Crippen LogP contribution < -0.4 is 0 Å². The molecule has 0 spiro atoms. The normalized spacial score (nSPS) is 20.0. The van der Waals surface area contributed by atoms with Gasteiger partial charge in [0.05, 0.1) is 22.7 Å². The Morgan fingerprint density at radius 3 is 2.17 bits per heavy atom. The van der Waals surface area contributed by atoms with Crippen molar-refractivity contribution in [2.24, 2.45) is 0 Å². The molecule has 2 rings (SSSR count). The molecule has 1 saturated heterocycles. The summed E-state index contributed by atoms with van der Waals surface area (Å²) in [4.78, 5) is 0.169. The lowest BCUT2D eigenvalue weighted by atomic mass is 9.90. The first-order valence-corrected chi connectivity index (χ1v) is 9.43. The molecule has 1 fully saturated rings. The van der Waals surface area contributed by atoms with Crippen molar-refractivity contribution in [3.8, 4) is 0 Å². The third kappa shape index (κ3) is 4.48. The number of aryl methyl sites for hydroxylation is 1. The molecule has 1 aromatic carbocycles. The quantitative estimate of drug-likeness (QED) is 0.447. The maximum atomic E-state index is 12.0. The molecule has 5 nitrogen and oxygen atoms in total. The van der Waals surface area contributed by atoms with Gasteiger partial charge < -0.3 is 9.31 Å². The monoisotopic (exact) mass is 352 g/mol. The third-order valence-electron chi connectivity index (χ3n) is 4.40. The Morgan fingerprint density at radius 2 is 1.62 bits per heavy atom. The Hall–Kier alpha value is -1.15. The molecule has 24 heavy (non-hydrogen) atoms. The molecule has 0 aromatic heterocycles. The van der Waals surface area contributed by atoms with Gasteiger partial charge in [0.2, 0.25) is 0 Å². The van der Waals surface area contributed by atoms with Crippen LogP contribution in [0.15, 0.2) is 41.2 Å². The number of hydrogen-bond acceptors (Lipinski definition) is 5. The fourth-order valence-electron chi connectivity index (χ4n) is 2.17. The molecule has 0 amide bonds. The number of hydrogen-bond donors (Lipinski definition) is 0. The fourth-order valence-corrected chi connectivity index (χ4v) is 3.09. The van der Waals surface area contributed by atoms with E-state index in [1.165, 1.54) is 0 Å². The molecule has 0 unspecified atom stereocenters. The maximum Gasteiger partial charge on any atom is 0.486 e. The number of benzene rings is 1. The average molecular weight is 352 g/mol. The van der Waals surface area contributed by atoms with Crippen molar-refractivity contribution in [3.63, 3.8) is 0 Å². The molecular weight excluding hydrogens is 327 g/mol. The lowest BCUT2D eigenvalue weighted by Crippen LogP contribution is -2.41. The third-order valence-corrected chi connectivity index (χ3v) is 5.72. The Labute approximate surface area is 145 Å². The second kappa shape index (κ2) is 7.00. The van der Waals surface area contributed by atoms with Gasteiger partial charge in [-0.3, -0.25) is 4.18 Å². The Balaban J connectivity index is 1.82. The largest absolute Gasteiger partial charge is 0.486 e. The minimum absolute atomic E-state index is 0.0756. The molecule has 132 valence electrons. The summed E-state index contributed by atoms with van der Waals surface area (Å²) in [6, 6.07) is 6.58. The maximum absolute atomic E-state index is 12.0. The van der Waals surface area contributed by atoms with Crippen molar-refractivity contribution in [1.82, 2.24) is 0 Å². The van der Waals surface area contributed by atoms with Crippen LogP contribution in [0.1, 0.15) is 39.7 Å². The second-order valence-electron chi connectivity index (χ2n) is 6.93. The SMILES string of the molecule is Cc1ccc(S(=O)(=O)OCC/C=C\B2OC(C)(C)C(C)(C)O2)cc1. The molecule has 7 heteroatoms. The van der Waals surface area contributed by atoms with Crippen molar-refractivity contribution in [1.29, 1.82) is 0 Å². The van der Waals surface area contributed by atoms with E-state index < -0.39 is 17.2 Å². The van der Waals surface area contributed by atoms with Crippen molar-refractivity contribution in [3.05, 3.63) is 41.9 Å². The summed E-state index contributed by atoms with van der Waals surface area (Å²) in [5.41, 5.74) is 0.236. The van der Waals surface area contributed by atoms with Crippen LogP contribution >= 0.6 is 0 Å². The van der Waals surface area contributed by atoms with E-state index in [1.807, 2.05) is 40.7 Å². The average Bonchev–Trinajstić information content (AvgIpc) is 2.66. The van der Waals surface area contributed by atoms with Gasteiger partial charge >= 0.3 is 7.12 Å². The van der Waals surface area contributed by atoms with Gasteiger partial charge in [-0.25, -0.2) is 0 Å². The molecule has 1 aliphatic rings.